The minimum absolute atomic E-state index is 0.332. The molecule has 0 saturated carbocycles. The van der Waals surface area contributed by atoms with Crippen molar-refractivity contribution in [1.29, 1.82) is 0 Å². The Hall–Kier alpha value is -2.42. The number of aliphatic carboxylic acids is 1. The molecule has 0 aliphatic heterocycles. The van der Waals surface area contributed by atoms with Crippen LogP contribution in [0.15, 0.2) is 53.6 Å². The molecule has 2 aromatic rings. The number of carboxylic acids is 1. The van der Waals surface area contributed by atoms with Crippen molar-refractivity contribution in [2.45, 2.75) is 0 Å². The Bertz CT molecular complexity index is 729. The van der Waals surface area contributed by atoms with E-state index in [1.807, 2.05) is 12.1 Å². The molecule has 1 amide bonds. The number of hydrogen-bond donors (Lipinski definition) is 2. The van der Waals surface area contributed by atoms with Crippen LogP contribution in [0.4, 0.5) is 0 Å². The van der Waals surface area contributed by atoms with Gasteiger partial charge >= 0.3 is 5.97 Å². The number of ether oxygens (including phenoxy) is 1. The lowest BCUT2D eigenvalue weighted by atomic mass is 10.2. The number of para-hydroxylation sites is 1. The number of hydrazone groups is 1. The maximum atomic E-state index is 11.9. The van der Waals surface area contributed by atoms with E-state index in [1.54, 1.807) is 36.4 Å². The zero-order valence-electron chi connectivity index (χ0n) is 11.9. The third-order valence-electron chi connectivity index (χ3n) is 2.75. The largest absolute Gasteiger partial charge is 0.481 e. The summed E-state index contributed by atoms with van der Waals surface area (Å²) in [6.07, 6.45) is 1.40. The van der Waals surface area contributed by atoms with Crippen LogP contribution >= 0.6 is 22.6 Å². The average molecular weight is 424 g/mol. The normalized spacial score (nSPS) is 10.5. The summed E-state index contributed by atoms with van der Waals surface area (Å²) in [5.41, 5.74) is 3.48. The molecule has 0 saturated heterocycles. The summed E-state index contributed by atoms with van der Waals surface area (Å²) in [6, 6.07) is 13.9. The molecule has 0 spiro atoms. The Morgan fingerprint density at radius 1 is 1.17 bits per heavy atom. The van der Waals surface area contributed by atoms with Crippen molar-refractivity contribution in [2.24, 2.45) is 5.10 Å². The van der Waals surface area contributed by atoms with E-state index in [1.165, 1.54) is 6.21 Å². The molecule has 2 N–H and O–H groups in total. The van der Waals surface area contributed by atoms with E-state index >= 15 is 0 Å². The van der Waals surface area contributed by atoms with Crippen molar-refractivity contribution in [3.8, 4) is 5.75 Å². The van der Waals surface area contributed by atoms with E-state index in [9.17, 15) is 9.59 Å². The van der Waals surface area contributed by atoms with Gasteiger partial charge in [-0.1, -0.05) is 12.1 Å². The fourth-order valence-corrected chi connectivity index (χ4v) is 2.04. The zero-order chi connectivity index (χ0) is 16.7. The third-order valence-corrected chi connectivity index (χ3v) is 3.47. The highest BCUT2D eigenvalue weighted by Gasteiger charge is 2.05. The van der Waals surface area contributed by atoms with Gasteiger partial charge < -0.3 is 9.84 Å². The van der Waals surface area contributed by atoms with Gasteiger partial charge in [0.25, 0.3) is 5.91 Å². The fourth-order valence-electron chi connectivity index (χ4n) is 1.68. The molecule has 0 bridgehead atoms. The van der Waals surface area contributed by atoms with Crippen molar-refractivity contribution in [3.63, 3.8) is 0 Å². The lowest BCUT2D eigenvalue weighted by Gasteiger charge is -2.06. The molecule has 0 aliphatic rings. The van der Waals surface area contributed by atoms with Gasteiger partial charge in [-0.2, -0.15) is 5.10 Å². The summed E-state index contributed by atoms with van der Waals surface area (Å²) in [4.78, 5) is 22.5. The summed E-state index contributed by atoms with van der Waals surface area (Å²) in [5, 5.41) is 12.5. The summed E-state index contributed by atoms with van der Waals surface area (Å²) in [5.74, 6) is -1.02. The maximum absolute atomic E-state index is 11.9. The van der Waals surface area contributed by atoms with Gasteiger partial charge in [-0.25, -0.2) is 10.2 Å². The summed E-state index contributed by atoms with van der Waals surface area (Å²) in [6.45, 7) is -0.445. The minimum Gasteiger partial charge on any atom is -0.481 e. The average Bonchev–Trinajstić information content (AvgIpc) is 2.54. The Labute approximate surface area is 146 Å². The quantitative estimate of drug-likeness (QED) is 0.424. The molecule has 0 aliphatic carbocycles. The van der Waals surface area contributed by atoms with Gasteiger partial charge in [-0.3, -0.25) is 4.79 Å². The molecule has 2 rings (SSSR count). The van der Waals surface area contributed by atoms with Crippen molar-refractivity contribution in [1.82, 2.24) is 5.43 Å². The van der Waals surface area contributed by atoms with E-state index in [2.05, 4.69) is 33.1 Å². The Morgan fingerprint density at radius 3 is 2.57 bits per heavy atom. The molecule has 23 heavy (non-hydrogen) atoms. The Kier molecular flexibility index (Phi) is 6.10. The number of carboxylic acid groups (broad SMARTS) is 1. The molecule has 6 nitrogen and oxygen atoms in total. The summed E-state index contributed by atoms with van der Waals surface area (Å²) >= 11 is 2.16. The number of halogens is 1. The van der Waals surface area contributed by atoms with E-state index in [4.69, 9.17) is 9.84 Å². The highest BCUT2D eigenvalue weighted by atomic mass is 127. The number of hydrogen-bond acceptors (Lipinski definition) is 4. The van der Waals surface area contributed by atoms with Crippen LogP contribution in [0, 0.1) is 3.57 Å². The Balaban J connectivity index is 2.01. The molecule has 118 valence electrons. The lowest BCUT2D eigenvalue weighted by molar-refractivity contribution is -0.139. The van der Waals surface area contributed by atoms with E-state index in [-0.39, 0.29) is 5.91 Å². The molecule has 0 unspecified atom stereocenters. The van der Waals surface area contributed by atoms with Gasteiger partial charge in [0.2, 0.25) is 0 Å². The van der Waals surface area contributed by atoms with Crippen molar-refractivity contribution >= 4 is 40.7 Å². The van der Waals surface area contributed by atoms with Gasteiger partial charge in [0, 0.05) is 14.7 Å². The van der Waals surface area contributed by atoms with Crippen molar-refractivity contribution in [3.05, 3.63) is 63.2 Å². The molecule has 0 heterocycles. The number of carbonyl (C=O) groups excluding carboxylic acids is 1. The topological polar surface area (TPSA) is 88.0 Å². The first-order valence-electron chi connectivity index (χ1n) is 6.59. The van der Waals surface area contributed by atoms with Gasteiger partial charge in [0.15, 0.2) is 6.61 Å². The van der Waals surface area contributed by atoms with Crippen LogP contribution < -0.4 is 10.2 Å². The maximum Gasteiger partial charge on any atom is 0.341 e. The number of amides is 1. The van der Waals surface area contributed by atoms with Crippen molar-refractivity contribution in [2.75, 3.05) is 6.61 Å². The van der Waals surface area contributed by atoms with Gasteiger partial charge in [-0.15, -0.1) is 0 Å². The second-order valence-corrected chi connectivity index (χ2v) is 5.67. The molecule has 0 atom stereocenters. The van der Waals surface area contributed by atoms with Crippen LogP contribution in [0.5, 0.6) is 5.75 Å². The first-order valence-corrected chi connectivity index (χ1v) is 7.67. The predicted molar refractivity (Wildman–Crippen MR) is 93.8 cm³/mol. The number of rotatable bonds is 6. The third kappa shape index (κ3) is 5.37. The van der Waals surface area contributed by atoms with Crippen LogP contribution in [0.3, 0.4) is 0 Å². The highest BCUT2D eigenvalue weighted by molar-refractivity contribution is 14.1. The molecule has 0 aromatic heterocycles. The van der Waals surface area contributed by atoms with E-state index in [0.29, 0.717) is 16.9 Å². The monoisotopic (exact) mass is 424 g/mol. The standard InChI is InChI=1S/C16H13IN2O4/c17-13-7-5-11(6-8-13)16(22)19-18-9-12-3-1-2-4-14(12)23-10-15(20)21/h1-9H,10H2,(H,19,22)(H,20,21)/b18-9+. The highest BCUT2D eigenvalue weighted by Crippen LogP contribution is 2.15. The first-order chi connectivity index (χ1) is 11.1. The van der Waals surface area contributed by atoms with Crippen LogP contribution in [0.2, 0.25) is 0 Å². The smallest absolute Gasteiger partial charge is 0.341 e. The molecule has 0 fully saturated rings. The van der Waals surface area contributed by atoms with E-state index < -0.39 is 12.6 Å². The molecule has 0 radical (unpaired) electrons. The number of nitrogens with one attached hydrogen (secondary N) is 1. The van der Waals surface area contributed by atoms with Gasteiger partial charge in [-0.05, 0) is 59.0 Å². The number of carbonyl (C=O) groups is 2. The first kappa shape index (κ1) is 16.9. The van der Waals surface area contributed by atoms with Crippen LogP contribution in [-0.2, 0) is 4.79 Å². The minimum atomic E-state index is -1.07. The summed E-state index contributed by atoms with van der Waals surface area (Å²) in [7, 11) is 0. The molecule has 7 heteroatoms. The lowest BCUT2D eigenvalue weighted by Crippen LogP contribution is -2.17. The fraction of sp³-hybridized carbons (Fsp3) is 0.0625. The van der Waals surface area contributed by atoms with Crippen molar-refractivity contribution < 1.29 is 19.4 Å². The van der Waals surface area contributed by atoms with Gasteiger partial charge in [0.1, 0.15) is 5.75 Å². The molecular weight excluding hydrogens is 411 g/mol. The Morgan fingerprint density at radius 2 is 1.87 bits per heavy atom. The second-order valence-electron chi connectivity index (χ2n) is 4.43. The van der Waals surface area contributed by atoms with Crippen LogP contribution in [0.25, 0.3) is 0 Å². The van der Waals surface area contributed by atoms with Crippen LogP contribution in [0.1, 0.15) is 15.9 Å². The van der Waals surface area contributed by atoms with Gasteiger partial charge in [0.05, 0.1) is 6.21 Å². The SMILES string of the molecule is O=C(O)COc1ccccc1/C=N/NC(=O)c1ccc(I)cc1. The predicted octanol–water partition coefficient (Wildman–Crippen LogP) is 2.52. The van der Waals surface area contributed by atoms with E-state index in [0.717, 1.165) is 3.57 Å². The number of benzene rings is 2. The molecular formula is C16H13IN2O4. The zero-order valence-corrected chi connectivity index (χ0v) is 14.1. The van der Waals surface area contributed by atoms with Crippen LogP contribution in [-0.4, -0.2) is 29.8 Å². The second kappa shape index (κ2) is 8.28. The summed E-state index contributed by atoms with van der Waals surface area (Å²) < 4.78 is 6.18. The number of nitrogens with zero attached hydrogens (tertiary/aromatic N) is 1. The molecule has 2 aromatic carbocycles.